The van der Waals surface area contributed by atoms with Gasteiger partial charge in [0.25, 0.3) is 5.91 Å². The van der Waals surface area contributed by atoms with Crippen LogP contribution < -0.4 is 15.4 Å². The highest BCUT2D eigenvalue weighted by Crippen LogP contribution is 2.28. The number of hydrogen-bond acceptors (Lipinski definition) is 4. The first kappa shape index (κ1) is 19.2. The molecule has 0 atom stereocenters. The van der Waals surface area contributed by atoms with Gasteiger partial charge in [-0.05, 0) is 48.9 Å². The van der Waals surface area contributed by atoms with Gasteiger partial charge in [-0.2, -0.15) is 0 Å². The molecule has 2 aromatic carbocycles. The van der Waals surface area contributed by atoms with Crippen LogP contribution in [0.25, 0.3) is 0 Å². The third kappa shape index (κ3) is 4.06. The molecule has 3 aromatic rings. The first-order valence-electron chi connectivity index (χ1n) is 8.21. The Kier molecular flexibility index (Phi) is 5.49. The van der Waals surface area contributed by atoms with Gasteiger partial charge in [-0.1, -0.05) is 6.07 Å². The molecule has 28 heavy (non-hydrogen) atoms. The summed E-state index contributed by atoms with van der Waals surface area (Å²) in [6.45, 7) is 1.94. The van der Waals surface area contributed by atoms with Crippen LogP contribution in [-0.2, 0) is 0 Å². The highest BCUT2D eigenvalue weighted by Gasteiger charge is 2.16. The molecule has 0 fully saturated rings. The van der Waals surface area contributed by atoms with Gasteiger partial charge in [0.2, 0.25) is 0 Å². The number of pyridine rings is 1. The van der Waals surface area contributed by atoms with Gasteiger partial charge < -0.3 is 15.4 Å². The molecule has 0 unspecified atom stereocenters. The lowest BCUT2D eigenvalue weighted by Crippen LogP contribution is -2.15. The number of halogens is 3. The lowest BCUT2D eigenvalue weighted by molar-refractivity contribution is 0.102. The molecule has 3 rings (SSSR count). The van der Waals surface area contributed by atoms with Crippen LogP contribution >= 0.6 is 0 Å². The molecule has 1 aromatic heterocycles. The van der Waals surface area contributed by atoms with Crippen molar-refractivity contribution in [3.8, 4) is 5.75 Å². The Morgan fingerprint density at radius 2 is 1.79 bits per heavy atom. The largest absolute Gasteiger partial charge is 0.495 e. The number of rotatable bonds is 5. The average molecular weight is 387 g/mol. The fraction of sp³-hybridized carbons (Fsp3) is 0.100. The minimum atomic E-state index is -1.66. The van der Waals surface area contributed by atoms with E-state index in [1.54, 1.807) is 13.2 Å². The van der Waals surface area contributed by atoms with E-state index in [4.69, 9.17) is 4.74 Å². The van der Waals surface area contributed by atoms with Crippen molar-refractivity contribution in [1.29, 1.82) is 0 Å². The highest BCUT2D eigenvalue weighted by atomic mass is 19.2. The summed E-state index contributed by atoms with van der Waals surface area (Å²) in [5.41, 5.74) is 1.86. The summed E-state index contributed by atoms with van der Waals surface area (Å²) in [5.74, 6) is -4.59. The van der Waals surface area contributed by atoms with Crippen molar-refractivity contribution in [2.24, 2.45) is 0 Å². The van der Waals surface area contributed by atoms with Crippen LogP contribution in [0.2, 0.25) is 0 Å². The lowest BCUT2D eigenvalue weighted by atomic mass is 10.2. The molecule has 0 bridgehead atoms. The van der Waals surface area contributed by atoms with Gasteiger partial charge in [0.1, 0.15) is 11.4 Å². The summed E-state index contributed by atoms with van der Waals surface area (Å²) < 4.78 is 45.2. The third-order valence-corrected chi connectivity index (χ3v) is 3.91. The average Bonchev–Trinajstić information content (AvgIpc) is 2.69. The Morgan fingerprint density at radius 3 is 2.46 bits per heavy atom. The van der Waals surface area contributed by atoms with E-state index in [1.807, 2.05) is 25.1 Å². The number of amides is 1. The van der Waals surface area contributed by atoms with Crippen LogP contribution in [-0.4, -0.2) is 18.0 Å². The Balaban J connectivity index is 1.75. The number of carbonyl (C=O) groups excluding carboxylic acids is 1. The summed E-state index contributed by atoms with van der Waals surface area (Å²) in [6, 6.07) is 10.3. The van der Waals surface area contributed by atoms with Gasteiger partial charge in [0.05, 0.1) is 30.4 Å². The number of ether oxygens (including phenoxy) is 1. The molecule has 1 heterocycles. The minimum Gasteiger partial charge on any atom is -0.495 e. The number of anilines is 3. The molecule has 0 spiro atoms. The number of nitrogens with one attached hydrogen (secondary N) is 2. The molecule has 8 heteroatoms. The zero-order chi connectivity index (χ0) is 20.3. The van der Waals surface area contributed by atoms with Crippen LogP contribution in [0.4, 0.5) is 30.2 Å². The predicted molar refractivity (Wildman–Crippen MR) is 99.5 cm³/mol. The monoisotopic (exact) mass is 387 g/mol. The fourth-order valence-corrected chi connectivity index (χ4v) is 2.49. The van der Waals surface area contributed by atoms with Crippen molar-refractivity contribution >= 4 is 23.0 Å². The van der Waals surface area contributed by atoms with Gasteiger partial charge in [0.15, 0.2) is 17.5 Å². The molecular weight excluding hydrogens is 371 g/mol. The summed E-state index contributed by atoms with van der Waals surface area (Å²) in [7, 11) is 1.55. The highest BCUT2D eigenvalue weighted by molar-refractivity contribution is 6.03. The van der Waals surface area contributed by atoms with Crippen molar-refractivity contribution in [2.75, 3.05) is 17.7 Å². The molecule has 0 saturated carbocycles. The number of benzene rings is 2. The number of hydrogen-bond donors (Lipinski definition) is 2. The maximum Gasteiger partial charge on any atom is 0.274 e. The van der Waals surface area contributed by atoms with Crippen LogP contribution in [0.5, 0.6) is 5.75 Å². The van der Waals surface area contributed by atoms with E-state index < -0.39 is 29.0 Å². The van der Waals surface area contributed by atoms with Gasteiger partial charge in [0, 0.05) is 0 Å². The first-order chi connectivity index (χ1) is 13.4. The fourth-order valence-electron chi connectivity index (χ4n) is 2.49. The number of methoxy groups -OCH3 is 1. The Labute approximate surface area is 159 Å². The van der Waals surface area contributed by atoms with E-state index in [0.29, 0.717) is 11.4 Å². The number of nitrogens with zero attached hydrogens (tertiary/aromatic N) is 1. The SMILES string of the molecule is COc1ccc(C)cc1Nc1ccc(C(=O)Nc2ccc(F)c(F)c2F)nc1. The molecule has 0 saturated heterocycles. The molecule has 0 radical (unpaired) electrons. The van der Waals surface area contributed by atoms with Gasteiger partial charge in [-0.25, -0.2) is 18.2 Å². The second-order valence-corrected chi connectivity index (χ2v) is 5.94. The van der Waals surface area contributed by atoms with Crippen molar-refractivity contribution in [1.82, 2.24) is 4.98 Å². The summed E-state index contributed by atoms with van der Waals surface area (Å²) in [6.07, 6.45) is 1.41. The normalized spacial score (nSPS) is 10.5. The van der Waals surface area contributed by atoms with Crippen LogP contribution in [0.3, 0.4) is 0 Å². The number of carbonyl (C=O) groups is 1. The second-order valence-electron chi connectivity index (χ2n) is 5.94. The first-order valence-corrected chi connectivity index (χ1v) is 8.21. The van der Waals surface area contributed by atoms with Gasteiger partial charge in [-0.15, -0.1) is 0 Å². The second kappa shape index (κ2) is 7.99. The maximum atomic E-state index is 13.7. The molecule has 0 aliphatic heterocycles. The molecule has 2 N–H and O–H groups in total. The topological polar surface area (TPSA) is 63.2 Å². The van der Waals surface area contributed by atoms with Crippen molar-refractivity contribution in [3.05, 3.63) is 77.4 Å². The Bertz CT molecular complexity index is 1020. The molecule has 0 aliphatic carbocycles. The Hall–Kier alpha value is -3.55. The van der Waals surface area contributed by atoms with Crippen molar-refractivity contribution in [2.45, 2.75) is 6.92 Å². The third-order valence-electron chi connectivity index (χ3n) is 3.91. The molecule has 144 valence electrons. The van der Waals surface area contributed by atoms with E-state index in [2.05, 4.69) is 15.6 Å². The summed E-state index contributed by atoms with van der Waals surface area (Å²) in [5, 5.41) is 5.30. The van der Waals surface area contributed by atoms with Gasteiger partial charge >= 0.3 is 0 Å². The van der Waals surface area contributed by atoms with Gasteiger partial charge in [-0.3, -0.25) is 4.79 Å². The predicted octanol–water partition coefficient (Wildman–Crippen LogP) is 4.81. The standard InChI is InChI=1S/C20H16F3N3O2/c1-11-3-8-17(28-2)16(9-11)25-12-4-6-15(24-10-12)20(27)26-14-7-5-13(21)18(22)19(14)23/h3-10,25H,1-2H3,(H,26,27). The van der Waals surface area contributed by atoms with Crippen LogP contribution in [0, 0.1) is 24.4 Å². The van der Waals surface area contributed by atoms with Crippen LogP contribution in [0.1, 0.15) is 16.1 Å². The molecule has 1 amide bonds. The maximum absolute atomic E-state index is 13.7. The minimum absolute atomic E-state index is 0.0223. The van der Waals surface area contributed by atoms with E-state index >= 15 is 0 Å². The lowest BCUT2D eigenvalue weighted by Gasteiger charge is -2.12. The zero-order valence-electron chi connectivity index (χ0n) is 15.0. The summed E-state index contributed by atoms with van der Waals surface area (Å²) in [4.78, 5) is 16.2. The Morgan fingerprint density at radius 1 is 1.00 bits per heavy atom. The van der Waals surface area contributed by atoms with E-state index in [0.717, 1.165) is 23.4 Å². The summed E-state index contributed by atoms with van der Waals surface area (Å²) >= 11 is 0. The smallest absolute Gasteiger partial charge is 0.274 e. The molecule has 0 aliphatic rings. The van der Waals surface area contributed by atoms with E-state index in [-0.39, 0.29) is 5.69 Å². The number of aryl methyl sites for hydroxylation is 1. The van der Waals surface area contributed by atoms with E-state index in [1.165, 1.54) is 12.3 Å². The van der Waals surface area contributed by atoms with E-state index in [9.17, 15) is 18.0 Å². The van der Waals surface area contributed by atoms with Crippen LogP contribution in [0.15, 0.2) is 48.7 Å². The zero-order valence-corrected chi connectivity index (χ0v) is 15.0. The van der Waals surface area contributed by atoms with Crippen molar-refractivity contribution < 1.29 is 22.7 Å². The van der Waals surface area contributed by atoms with Crippen molar-refractivity contribution in [3.63, 3.8) is 0 Å². The molecular formula is C20H16F3N3O2. The molecule has 5 nitrogen and oxygen atoms in total. The quantitative estimate of drug-likeness (QED) is 0.617. The number of aromatic nitrogens is 1.